The summed E-state index contributed by atoms with van der Waals surface area (Å²) in [5.74, 6) is -0.270. The Labute approximate surface area is 79.7 Å². The molecule has 0 radical (unpaired) electrons. The first-order chi connectivity index (χ1) is 6.06. The highest BCUT2D eigenvalue weighted by Crippen LogP contribution is 2.10. The fourth-order valence-corrected chi connectivity index (χ4v) is 0.944. The third-order valence-electron chi connectivity index (χ3n) is 1.77. The van der Waals surface area contributed by atoms with Crippen molar-refractivity contribution in [1.29, 1.82) is 0 Å². The fraction of sp³-hybridized carbons (Fsp3) is 0.667. The SMILES string of the molecule is CCC(C)(N)C(=O)Nc1nnns1. The number of amides is 1. The van der Waals surface area contributed by atoms with E-state index in [0.717, 1.165) is 11.5 Å². The summed E-state index contributed by atoms with van der Waals surface area (Å²) in [4.78, 5) is 11.4. The van der Waals surface area contributed by atoms with Gasteiger partial charge in [-0.1, -0.05) is 16.5 Å². The lowest BCUT2D eigenvalue weighted by molar-refractivity contribution is -0.120. The van der Waals surface area contributed by atoms with Crippen molar-refractivity contribution in [2.24, 2.45) is 5.73 Å². The van der Waals surface area contributed by atoms with E-state index in [2.05, 4.69) is 20.1 Å². The molecule has 0 bridgehead atoms. The van der Waals surface area contributed by atoms with Crippen molar-refractivity contribution in [3.05, 3.63) is 0 Å². The smallest absolute Gasteiger partial charge is 0.246 e. The van der Waals surface area contributed by atoms with Crippen LogP contribution in [0.25, 0.3) is 0 Å². The van der Waals surface area contributed by atoms with Gasteiger partial charge in [0, 0.05) is 11.5 Å². The van der Waals surface area contributed by atoms with Crippen LogP contribution in [0.4, 0.5) is 5.13 Å². The Bertz CT molecular complexity index is 283. The maximum Gasteiger partial charge on any atom is 0.246 e. The van der Waals surface area contributed by atoms with Gasteiger partial charge in [-0.25, -0.2) is 0 Å². The van der Waals surface area contributed by atoms with Gasteiger partial charge in [0.2, 0.25) is 11.0 Å². The van der Waals surface area contributed by atoms with Crippen LogP contribution in [0.3, 0.4) is 0 Å². The van der Waals surface area contributed by atoms with Crippen molar-refractivity contribution in [2.75, 3.05) is 5.32 Å². The first-order valence-electron chi connectivity index (χ1n) is 3.81. The van der Waals surface area contributed by atoms with Crippen LogP contribution in [0.1, 0.15) is 20.3 Å². The summed E-state index contributed by atoms with van der Waals surface area (Å²) in [5.41, 5.74) is 4.83. The Hall–Kier alpha value is -1.08. The van der Waals surface area contributed by atoms with E-state index in [1.807, 2.05) is 6.92 Å². The van der Waals surface area contributed by atoms with Crippen molar-refractivity contribution in [3.8, 4) is 0 Å². The number of nitrogens with one attached hydrogen (secondary N) is 1. The summed E-state index contributed by atoms with van der Waals surface area (Å²) in [6.45, 7) is 3.51. The molecule has 1 aromatic rings. The van der Waals surface area contributed by atoms with Crippen molar-refractivity contribution in [2.45, 2.75) is 25.8 Å². The van der Waals surface area contributed by atoms with Gasteiger partial charge in [0.25, 0.3) is 0 Å². The number of hydrogen-bond donors (Lipinski definition) is 2. The molecule has 1 atom stereocenters. The van der Waals surface area contributed by atoms with Crippen LogP contribution in [0.2, 0.25) is 0 Å². The highest BCUT2D eigenvalue weighted by molar-refractivity contribution is 7.09. The van der Waals surface area contributed by atoms with Gasteiger partial charge < -0.3 is 5.73 Å². The second kappa shape index (κ2) is 3.75. The van der Waals surface area contributed by atoms with E-state index >= 15 is 0 Å². The largest absolute Gasteiger partial charge is 0.318 e. The van der Waals surface area contributed by atoms with Crippen LogP contribution in [0.5, 0.6) is 0 Å². The molecule has 1 unspecified atom stereocenters. The Kier molecular flexibility index (Phi) is 2.89. The van der Waals surface area contributed by atoms with Crippen LogP contribution >= 0.6 is 11.5 Å². The zero-order valence-corrected chi connectivity index (χ0v) is 8.26. The highest BCUT2D eigenvalue weighted by Gasteiger charge is 2.26. The number of hydrogen-bond acceptors (Lipinski definition) is 6. The van der Waals surface area contributed by atoms with Gasteiger partial charge in [-0.15, -0.1) is 0 Å². The third-order valence-corrected chi connectivity index (χ3v) is 2.28. The summed E-state index contributed by atoms with van der Waals surface area (Å²) in [6.07, 6.45) is 0.561. The summed E-state index contributed by atoms with van der Waals surface area (Å²) in [5, 5.41) is 9.82. The normalized spacial score (nSPS) is 15.0. The maximum atomic E-state index is 11.4. The second-order valence-corrected chi connectivity index (χ2v) is 3.63. The lowest BCUT2D eigenvalue weighted by Gasteiger charge is -2.19. The molecule has 7 heteroatoms. The molecule has 0 saturated heterocycles. The Morgan fingerprint density at radius 3 is 2.92 bits per heavy atom. The molecule has 6 nitrogen and oxygen atoms in total. The predicted octanol–water partition coefficient (Wildman–Crippen LogP) is -0.00100. The van der Waals surface area contributed by atoms with Crippen LogP contribution in [0.15, 0.2) is 0 Å². The van der Waals surface area contributed by atoms with Gasteiger partial charge in [-0.05, 0) is 18.6 Å². The molecule has 3 N–H and O–H groups in total. The molecule has 0 aromatic carbocycles. The molecular formula is C6H11N5OS. The number of rotatable bonds is 3. The first-order valence-corrected chi connectivity index (χ1v) is 4.59. The predicted molar refractivity (Wildman–Crippen MR) is 49.2 cm³/mol. The summed E-state index contributed by atoms with van der Waals surface area (Å²) in [7, 11) is 0. The third kappa shape index (κ3) is 2.43. The molecule has 0 aliphatic rings. The van der Waals surface area contributed by atoms with Gasteiger partial charge >= 0.3 is 0 Å². The van der Waals surface area contributed by atoms with Gasteiger partial charge in [0.05, 0.1) is 5.54 Å². The van der Waals surface area contributed by atoms with Crippen molar-refractivity contribution in [1.82, 2.24) is 14.8 Å². The number of anilines is 1. The van der Waals surface area contributed by atoms with E-state index in [1.165, 1.54) is 0 Å². The zero-order valence-electron chi connectivity index (χ0n) is 7.44. The molecule has 1 heterocycles. The minimum atomic E-state index is -0.869. The number of carbonyl (C=O) groups is 1. The molecule has 0 aliphatic carbocycles. The average Bonchev–Trinajstić information content (AvgIpc) is 2.57. The lowest BCUT2D eigenvalue weighted by Crippen LogP contribution is -2.47. The maximum absolute atomic E-state index is 11.4. The summed E-state index contributed by atoms with van der Waals surface area (Å²) < 4.78 is 3.51. The Balaban J connectivity index is 2.61. The zero-order chi connectivity index (χ0) is 9.90. The highest BCUT2D eigenvalue weighted by atomic mass is 32.1. The van der Waals surface area contributed by atoms with Crippen molar-refractivity contribution >= 4 is 22.6 Å². The van der Waals surface area contributed by atoms with Gasteiger partial charge in [0.15, 0.2) is 0 Å². The first kappa shape index (κ1) is 10.0. The molecule has 72 valence electrons. The van der Waals surface area contributed by atoms with Gasteiger partial charge in [-0.3, -0.25) is 10.1 Å². The van der Waals surface area contributed by atoms with E-state index in [9.17, 15) is 4.79 Å². The monoisotopic (exact) mass is 201 g/mol. The molecule has 0 aliphatic heterocycles. The number of nitrogens with two attached hydrogens (primary N) is 1. The molecule has 1 aromatic heterocycles. The average molecular weight is 201 g/mol. The van der Waals surface area contributed by atoms with Crippen LogP contribution < -0.4 is 11.1 Å². The minimum Gasteiger partial charge on any atom is -0.318 e. The van der Waals surface area contributed by atoms with E-state index in [4.69, 9.17) is 5.73 Å². The molecule has 0 fully saturated rings. The number of aromatic nitrogens is 3. The topological polar surface area (TPSA) is 93.8 Å². The Morgan fingerprint density at radius 2 is 2.46 bits per heavy atom. The van der Waals surface area contributed by atoms with E-state index in [-0.39, 0.29) is 5.91 Å². The number of nitrogens with zero attached hydrogens (tertiary/aromatic N) is 3. The summed E-state index contributed by atoms with van der Waals surface area (Å²) in [6, 6.07) is 0. The van der Waals surface area contributed by atoms with Gasteiger partial charge in [0.1, 0.15) is 0 Å². The van der Waals surface area contributed by atoms with Crippen LogP contribution in [-0.4, -0.2) is 26.2 Å². The van der Waals surface area contributed by atoms with E-state index in [0.29, 0.717) is 11.6 Å². The van der Waals surface area contributed by atoms with Crippen LogP contribution in [-0.2, 0) is 4.79 Å². The molecule has 0 spiro atoms. The molecule has 13 heavy (non-hydrogen) atoms. The van der Waals surface area contributed by atoms with E-state index < -0.39 is 5.54 Å². The number of carbonyl (C=O) groups excluding carboxylic acids is 1. The van der Waals surface area contributed by atoms with E-state index in [1.54, 1.807) is 6.92 Å². The van der Waals surface area contributed by atoms with Crippen LogP contribution in [0, 0.1) is 0 Å². The van der Waals surface area contributed by atoms with Crippen molar-refractivity contribution < 1.29 is 4.79 Å². The molecule has 0 saturated carbocycles. The molecule has 1 amide bonds. The molecule has 1 rings (SSSR count). The fourth-order valence-electron chi connectivity index (χ4n) is 0.582. The quantitative estimate of drug-likeness (QED) is 0.717. The summed E-state index contributed by atoms with van der Waals surface area (Å²) >= 11 is 1.02. The van der Waals surface area contributed by atoms with Crippen molar-refractivity contribution in [3.63, 3.8) is 0 Å². The minimum absolute atomic E-state index is 0.270. The lowest BCUT2D eigenvalue weighted by atomic mass is 10.00. The van der Waals surface area contributed by atoms with Gasteiger partial charge in [-0.2, -0.15) is 0 Å². The standard InChI is InChI=1S/C6H11N5OS/c1-3-6(2,7)4(12)8-5-9-10-11-13-5/h3,7H2,1-2H3,(H,8,9,11,12). The molecular weight excluding hydrogens is 190 g/mol. The second-order valence-electron chi connectivity index (χ2n) is 2.89. The Morgan fingerprint density at radius 1 is 1.77 bits per heavy atom.